The third-order valence-electron chi connectivity index (χ3n) is 6.82. The zero-order valence-corrected chi connectivity index (χ0v) is 14.9. The van der Waals surface area contributed by atoms with Crippen molar-refractivity contribution in [2.45, 2.75) is 81.1 Å². The molecule has 1 unspecified atom stereocenters. The Morgan fingerprint density at radius 3 is 2.54 bits per heavy atom. The van der Waals surface area contributed by atoms with Gasteiger partial charge in [0.05, 0.1) is 18.3 Å². The van der Waals surface area contributed by atoms with E-state index in [1.165, 1.54) is 24.8 Å². The smallest absolute Gasteiger partial charge is 0.190 e. The van der Waals surface area contributed by atoms with Crippen LogP contribution in [0.15, 0.2) is 30.3 Å². The maximum absolute atomic E-state index is 6.48. The maximum Gasteiger partial charge on any atom is 0.190 e. The van der Waals surface area contributed by atoms with Crippen LogP contribution in [-0.2, 0) is 23.7 Å². The average molecular weight is 358 g/mol. The maximum atomic E-state index is 6.48. The third-order valence-corrected chi connectivity index (χ3v) is 6.82. The molecule has 4 heterocycles. The van der Waals surface area contributed by atoms with Crippen LogP contribution < -0.4 is 0 Å². The van der Waals surface area contributed by atoms with Crippen LogP contribution >= 0.6 is 0 Å². The minimum atomic E-state index is -0.426. The van der Waals surface area contributed by atoms with Crippen molar-refractivity contribution in [3.8, 4) is 0 Å². The van der Waals surface area contributed by atoms with Crippen molar-refractivity contribution in [3.05, 3.63) is 35.9 Å². The summed E-state index contributed by atoms with van der Waals surface area (Å²) in [5, 5.41) is 0. The lowest BCUT2D eigenvalue weighted by Crippen LogP contribution is -2.40. The molecule has 140 valence electrons. The molecule has 4 aliphatic heterocycles. The molecule has 5 heteroatoms. The molecular formula is C21H26O5. The molecule has 0 N–H and O–H groups in total. The van der Waals surface area contributed by atoms with Crippen molar-refractivity contribution in [3.63, 3.8) is 0 Å². The molecule has 5 aliphatic rings. The van der Waals surface area contributed by atoms with Gasteiger partial charge in [-0.25, -0.2) is 0 Å². The number of hydrogen-bond donors (Lipinski definition) is 0. The fourth-order valence-electron chi connectivity index (χ4n) is 5.66. The normalized spacial score (nSPS) is 46.1. The number of fused-ring (bicyclic) bond motifs is 5. The molecule has 1 aliphatic carbocycles. The summed E-state index contributed by atoms with van der Waals surface area (Å²) in [6.07, 6.45) is 6.25. The van der Waals surface area contributed by atoms with Gasteiger partial charge in [0, 0.05) is 25.4 Å². The topological polar surface area (TPSA) is 46.2 Å². The first kappa shape index (κ1) is 16.0. The molecule has 1 spiro atoms. The number of benzene rings is 1. The summed E-state index contributed by atoms with van der Waals surface area (Å²) in [5.41, 5.74) is 1.21. The molecule has 7 atom stereocenters. The lowest BCUT2D eigenvalue weighted by Gasteiger charge is -2.36. The van der Waals surface area contributed by atoms with Gasteiger partial charge < -0.3 is 23.7 Å². The molecule has 0 radical (unpaired) electrons. The minimum absolute atomic E-state index is 0.0125. The highest BCUT2D eigenvalue weighted by Gasteiger charge is 2.65. The second kappa shape index (κ2) is 6.01. The zero-order valence-electron chi connectivity index (χ0n) is 14.9. The van der Waals surface area contributed by atoms with Gasteiger partial charge >= 0.3 is 0 Å². The standard InChI is InChI=1S/C21H26O5/c1-3-7-13(8-4-1)16-15-14(9-12-22-16)23-18-17(15)24-20-19(18)25-21(26-20)10-5-2-6-11-21/h1,3-4,7-8,14-20H,2,5-6,9-12H2/t14-,15-,16?,17+,18-,19+,20+/m0/s1. The number of hydrogen-bond acceptors (Lipinski definition) is 5. The lowest BCUT2D eigenvalue weighted by atomic mass is 9.83. The Kier molecular flexibility index (Phi) is 3.70. The monoisotopic (exact) mass is 358 g/mol. The van der Waals surface area contributed by atoms with Gasteiger partial charge in [0.25, 0.3) is 0 Å². The highest BCUT2D eigenvalue weighted by molar-refractivity contribution is 5.21. The van der Waals surface area contributed by atoms with Gasteiger partial charge in [-0.05, 0) is 24.8 Å². The van der Waals surface area contributed by atoms with Gasteiger partial charge in [-0.2, -0.15) is 0 Å². The second-order valence-corrected chi connectivity index (χ2v) is 8.35. The van der Waals surface area contributed by atoms with Crippen LogP contribution in [0, 0.1) is 5.92 Å². The Bertz CT molecular complexity index is 658. The fraction of sp³-hybridized carbons (Fsp3) is 0.714. The Labute approximate surface area is 153 Å². The van der Waals surface area contributed by atoms with Crippen molar-refractivity contribution >= 4 is 0 Å². The van der Waals surface area contributed by atoms with Gasteiger partial charge in [-0.15, -0.1) is 0 Å². The first-order chi connectivity index (χ1) is 12.8. The summed E-state index contributed by atoms with van der Waals surface area (Å²) >= 11 is 0. The van der Waals surface area contributed by atoms with Crippen molar-refractivity contribution in [2.24, 2.45) is 5.92 Å². The van der Waals surface area contributed by atoms with Crippen LogP contribution in [-0.4, -0.2) is 43.1 Å². The van der Waals surface area contributed by atoms with Crippen molar-refractivity contribution in [2.75, 3.05) is 6.61 Å². The number of rotatable bonds is 1. The molecular weight excluding hydrogens is 332 g/mol. The van der Waals surface area contributed by atoms with E-state index in [-0.39, 0.29) is 42.7 Å². The van der Waals surface area contributed by atoms with Gasteiger partial charge in [0.15, 0.2) is 12.1 Å². The predicted octanol–water partition coefficient (Wildman–Crippen LogP) is 3.33. The van der Waals surface area contributed by atoms with Crippen LogP contribution in [0.4, 0.5) is 0 Å². The summed E-state index contributed by atoms with van der Waals surface area (Å²) in [6, 6.07) is 10.5. The zero-order chi connectivity index (χ0) is 17.1. The minimum Gasteiger partial charge on any atom is -0.373 e. The average Bonchev–Trinajstić information content (AvgIpc) is 3.30. The summed E-state index contributed by atoms with van der Waals surface area (Å²) in [4.78, 5) is 0. The van der Waals surface area contributed by atoms with Gasteiger partial charge in [0.2, 0.25) is 0 Å². The van der Waals surface area contributed by atoms with E-state index in [0.29, 0.717) is 0 Å². The van der Waals surface area contributed by atoms with E-state index in [1.807, 2.05) is 6.07 Å². The fourth-order valence-corrected chi connectivity index (χ4v) is 5.66. The Balaban J connectivity index is 1.26. The van der Waals surface area contributed by atoms with Crippen molar-refractivity contribution in [1.29, 1.82) is 0 Å². The highest BCUT2D eigenvalue weighted by Crippen LogP contribution is 2.53. The Hall–Kier alpha value is -0.980. The van der Waals surface area contributed by atoms with Crippen LogP contribution in [0.3, 0.4) is 0 Å². The molecule has 1 saturated carbocycles. The van der Waals surface area contributed by atoms with Crippen molar-refractivity contribution in [1.82, 2.24) is 0 Å². The molecule has 5 fully saturated rings. The Morgan fingerprint density at radius 2 is 1.69 bits per heavy atom. The summed E-state index contributed by atoms with van der Waals surface area (Å²) in [6.45, 7) is 0.732. The largest absolute Gasteiger partial charge is 0.373 e. The summed E-state index contributed by atoms with van der Waals surface area (Å²) in [7, 11) is 0. The van der Waals surface area contributed by atoms with Gasteiger partial charge in [-0.1, -0.05) is 36.8 Å². The quantitative estimate of drug-likeness (QED) is 0.771. The molecule has 0 aromatic heterocycles. The van der Waals surface area contributed by atoms with Crippen LogP contribution in [0.5, 0.6) is 0 Å². The van der Waals surface area contributed by atoms with E-state index in [1.54, 1.807) is 0 Å². The molecule has 4 saturated heterocycles. The molecule has 0 amide bonds. The summed E-state index contributed by atoms with van der Waals surface area (Å²) < 4.78 is 31.8. The van der Waals surface area contributed by atoms with Gasteiger partial charge in [0.1, 0.15) is 12.2 Å². The van der Waals surface area contributed by atoms with E-state index in [9.17, 15) is 0 Å². The lowest BCUT2D eigenvalue weighted by molar-refractivity contribution is -0.245. The second-order valence-electron chi connectivity index (χ2n) is 8.35. The highest BCUT2D eigenvalue weighted by atomic mass is 16.8. The van der Waals surface area contributed by atoms with Crippen LogP contribution in [0.1, 0.15) is 50.2 Å². The molecule has 1 aromatic carbocycles. The van der Waals surface area contributed by atoms with Gasteiger partial charge in [-0.3, -0.25) is 0 Å². The van der Waals surface area contributed by atoms with Crippen molar-refractivity contribution < 1.29 is 23.7 Å². The first-order valence-electron chi connectivity index (χ1n) is 10.2. The van der Waals surface area contributed by atoms with E-state index < -0.39 is 5.79 Å². The third kappa shape index (κ3) is 2.34. The molecule has 0 bridgehead atoms. The van der Waals surface area contributed by atoms with Crippen LogP contribution in [0.25, 0.3) is 0 Å². The summed E-state index contributed by atoms with van der Waals surface area (Å²) in [5.74, 6) is -0.221. The molecule has 5 nitrogen and oxygen atoms in total. The number of ether oxygens (including phenoxy) is 5. The molecule has 6 rings (SSSR count). The van der Waals surface area contributed by atoms with E-state index in [2.05, 4.69) is 24.3 Å². The van der Waals surface area contributed by atoms with E-state index >= 15 is 0 Å². The SMILES string of the molecule is c1ccc(C2OCC[C@@H]3O[C@@H]4[C@H]5OC6(CCCCC6)O[C@H]5O[C@@H]4[C@H]23)cc1. The van der Waals surface area contributed by atoms with E-state index in [4.69, 9.17) is 23.7 Å². The van der Waals surface area contributed by atoms with E-state index in [0.717, 1.165) is 25.9 Å². The Morgan fingerprint density at radius 1 is 0.846 bits per heavy atom. The predicted molar refractivity (Wildman–Crippen MR) is 92.3 cm³/mol. The van der Waals surface area contributed by atoms with Crippen LogP contribution in [0.2, 0.25) is 0 Å². The molecule has 1 aromatic rings. The molecule has 26 heavy (non-hydrogen) atoms. The first-order valence-corrected chi connectivity index (χ1v) is 10.2.